The lowest BCUT2D eigenvalue weighted by Gasteiger charge is -2.20. The molecule has 0 spiro atoms. The highest BCUT2D eigenvalue weighted by Crippen LogP contribution is 2.26. The molecule has 0 saturated carbocycles. The molecule has 3 rings (SSSR count). The summed E-state index contributed by atoms with van der Waals surface area (Å²) >= 11 is 0. The molecule has 0 unspecified atom stereocenters. The van der Waals surface area contributed by atoms with Gasteiger partial charge in [0, 0.05) is 25.7 Å². The average Bonchev–Trinajstić information content (AvgIpc) is 2.92. The van der Waals surface area contributed by atoms with Crippen LogP contribution in [0, 0.1) is 0 Å². The molecular formula is C11H19ClN2O2. The largest absolute Gasteiger partial charge is 0.376 e. The van der Waals surface area contributed by atoms with Crippen LogP contribution in [-0.2, 0) is 9.53 Å². The molecule has 3 atom stereocenters. The van der Waals surface area contributed by atoms with Crippen molar-refractivity contribution >= 4 is 18.3 Å². The maximum Gasteiger partial charge on any atom is 0.239 e. The minimum absolute atomic E-state index is 0. The summed E-state index contributed by atoms with van der Waals surface area (Å²) in [5, 5.41) is 3.41. The topological polar surface area (TPSA) is 41.6 Å². The molecule has 4 nitrogen and oxygen atoms in total. The maximum absolute atomic E-state index is 12.1. The van der Waals surface area contributed by atoms with Crippen LogP contribution in [0.1, 0.15) is 25.7 Å². The summed E-state index contributed by atoms with van der Waals surface area (Å²) in [6, 6.07) is 0.458. The van der Waals surface area contributed by atoms with Crippen molar-refractivity contribution in [2.24, 2.45) is 0 Å². The standard InChI is InChI=1S/C11H18N2O2.ClH/c14-11(13-4-1-2-5-13)9-7-10-8(12-9)3-6-15-10;/h8-10,12H,1-7H2;1H/t8-,9-,10-;/m1./s1. The molecule has 3 aliphatic rings. The Kier molecular flexibility index (Phi) is 3.72. The molecular weight excluding hydrogens is 228 g/mol. The highest BCUT2D eigenvalue weighted by atomic mass is 35.5. The summed E-state index contributed by atoms with van der Waals surface area (Å²) in [5.74, 6) is 0.297. The Hall–Kier alpha value is -0.320. The van der Waals surface area contributed by atoms with Crippen LogP contribution in [0.2, 0.25) is 0 Å². The third kappa shape index (κ3) is 2.06. The van der Waals surface area contributed by atoms with Crippen molar-refractivity contribution in [1.29, 1.82) is 0 Å². The van der Waals surface area contributed by atoms with Crippen LogP contribution in [0.15, 0.2) is 0 Å². The van der Waals surface area contributed by atoms with E-state index in [4.69, 9.17) is 4.74 Å². The number of fused-ring (bicyclic) bond motifs is 1. The van der Waals surface area contributed by atoms with E-state index in [9.17, 15) is 4.79 Å². The average molecular weight is 247 g/mol. The van der Waals surface area contributed by atoms with Gasteiger partial charge in [-0.1, -0.05) is 0 Å². The van der Waals surface area contributed by atoms with E-state index >= 15 is 0 Å². The molecule has 1 N–H and O–H groups in total. The zero-order chi connectivity index (χ0) is 10.3. The van der Waals surface area contributed by atoms with Crippen molar-refractivity contribution in [1.82, 2.24) is 10.2 Å². The lowest BCUT2D eigenvalue weighted by molar-refractivity contribution is -0.132. The van der Waals surface area contributed by atoms with E-state index in [1.807, 2.05) is 4.90 Å². The molecule has 0 aliphatic carbocycles. The van der Waals surface area contributed by atoms with Crippen LogP contribution < -0.4 is 5.32 Å². The first-order valence-corrected chi connectivity index (χ1v) is 6.01. The molecule has 3 saturated heterocycles. The predicted molar refractivity (Wildman–Crippen MR) is 62.7 cm³/mol. The number of hydrogen-bond acceptors (Lipinski definition) is 3. The Labute approximate surface area is 102 Å². The smallest absolute Gasteiger partial charge is 0.239 e. The van der Waals surface area contributed by atoms with Gasteiger partial charge in [0.15, 0.2) is 0 Å². The zero-order valence-corrected chi connectivity index (χ0v) is 10.2. The van der Waals surface area contributed by atoms with E-state index in [1.165, 1.54) is 12.8 Å². The Bertz CT molecular complexity index is 257. The first-order chi connectivity index (χ1) is 7.34. The van der Waals surface area contributed by atoms with Crippen molar-refractivity contribution < 1.29 is 9.53 Å². The number of nitrogens with one attached hydrogen (secondary N) is 1. The molecule has 3 heterocycles. The third-order valence-corrected chi connectivity index (χ3v) is 3.81. The number of halogens is 1. The van der Waals surface area contributed by atoms with Crippen molar-refractivity contribution in [3.05, 3.63) is 0 Å². The molecule has 3 aliphatic heterocycles. The van der Waals surface area contributed by atoms with E-state index in [0.29, 0.717) is 18.1 Å². The minimum atomic E-state index is 0. The van der Waals surface area contributed by atoms with E-state index in [1.54, 1.807) is 0 Å². The molecule has 0 aromatic rings. The molecule has 92 valence electrons. The second-order valence-electron chi connectivity index (χ2n) is 4.79. The Morgan fingerprint density at radius 3 is 2.75 bits per heavy atom. The Balaban J connectivity index is 0.000000963. The van der Waals surface area contributed by atoms with Crippen LogP contribution in [0.3, 0.4) is 0 Å². The number of carbonyl (C=O) groups excluding carboxylic acids is 1. The van der Waals surface area contributed by atoms with Crippen molar-refractivity contribution in [2.45, 2.75) is 43.9 Å². The number of ether oxygens (including phenoxy) is 1. The van der Waals surface area contributed by atoms with Crippen molar-refractivity contribution in [3.8, 4) is 0 Å². The van der Waals surface area contributed by atoms with Gasteiger partial charge in [-0.25, -0.2) is 0 Å². The fourth-order valence-electron chi connectivity index (χ4n) is 2.96. The number of nitrogens with zero attached hydrogens (tertiary/aromatic N) is 1. The van der Waals surface area contributed by atoms with Gasteiger partial charge in [-0.2, -0.15) is 0 Å². The highest BCUT2D eigenvalue weighted by Gasteiger charge is 2.42. The summed E-state index contributed by atoms with van der Waals surface area (Å²) in [4.78, 5) is 14.1. The van der Waals surface area contributed by atoms with Crippen LogP contribution in [-0.4, -0.2) is 48.7 Å². The fourth-order valence-corrected chi connectivity index (χ4v) is 2.96. The van der Waals surface area contributed by atoms with Crippen molar-refractivity contribution in [2.75, 3.05) is 19.7 Å². The Morgan fingerprint density at radius 2 is 2.06 bits per heavy atom. The van der Waals surface area contributed by atoms with Gasteiger partial charge in [0.1, 0.15) is 0 Å². The SMILES string of the molecule is Cl.O=C([C@H]1C[C@H]2OCC[C@H]2N1)N1CCCC1. The lowest BCUT2D eigenvalue weighted by atomic mass is 10.1. The Morgan fingerprint density at radius 1 is 1.31 bits per heavy atom. The molecule has 0 radical (unpaired) electrons. The van der Waals surface area contributed by atoms with Crippen LogP contribution in [0.4, 0.5) is 0 Å². The molecule has 16 heavy (non-hydrogen) atoms. The minimum Gasteiger partial charge on any atom is -0.376 e. The summed E-state index contributed by atoms with van der Waals surface area (Å²) in [5.41, 5.74) is 0. The summed E-state index contributed by atoms with van der Waals surface area (Å²) < 4.78 is 5.59. The number of hydrogen-bond donors (Lipinski definition) is 1. The summed E-state index contributed by atoms with van der Waals surface area (Å²) in [6.07, 6.45) is 4.57. The molecule has 0 bridgehead atoms. The highest BCUT2D eigenvalue weighted by molar-refractivity contribution is 5.85. The number of rotatable bonds is 1. The molecule has 5 heteroatoms. The normalized spacial score (nSPS) is 37.2. The van der Waals surface area contributed by atoms with Gasteiger partial charge in [-0.15, -0.1) is 12.4 Å². The molecule has 3 fully saturated rings. The van der Waals surface area contributed by atoms with Crippen LogP contribution in [0.5, 0.6) is 0 Å². The maximum atomic E-state index is 12.1. The molecule has 0 aromatic heterocycles. The van der Waals surface area contributed by atoms with Gasteiger partial charge < -0.3 is 15.0 Å². The van der Waals surface area contributed by atoms with Crippen LogP contribution in [0.25, 0.3) is 0 Å². The van der Waals surface area contributed by atoms with Gasteiger partial charge in [0.05, 0.1) is 12.1 Å². The first kappa shape index (κ1) is 12.1. The predicted octanol–water partition coefficient (Wildman–Crippen LogP) is 0.550. The summed E-state index contributed by atoms with van der Waals surface area (Å²) in [7, 11) is 0. The van der Waals surface area contributed by atoms with Crippen molar-refractivity contribution in [3.63, 3.8) is 0 Å². The number of likely N-dealkylation sites (tertiary alicyclic amines) is 1. The lowest BCUT2D eigenvalue weighted by Crippen LogP contribution is -2.44. The second kappa shape index (κ2) is 4.90. The van der Waals surface area contributed by atoms with E-state index in [0.717, 1.165) is 32.5 Å². The first-order valence-electron chi connectivity index (χ1n) is 6.01. The van der Waals surface area contributed by atoms with Gasteiger partial charge in [0.2, 0.25) is 5.91 Å². The van der Waals surface area contributed by atoms with E-state index in [2.05, 4.69) is 5.32 Å². The van der Waals surface area contributed by atoms with Gasteiger partial charge in [-0.05, 0) is 25.7 Å². The molecule has 1 amide bonds. The summed E-state index contributed by atoms with van der Waals surface area (Å²) in [6.45, 7) is 2.76. The van der Waals surface area contributed by atoms with E-state index in [-0.39, 0.29) is 18.4 Å². The monoisotopic (exact) mass is 246 g/mol. The zero-order valence-electron chi connectivity index (χ0n) is 9.35. The molecule has 0 aromatic carbocycles. The third-order valence-electron chi connectivity index (χ3n) is 3.81. The quantitative estimate of drug-likeness (QED) is 0.735. The van der Waals surface area contributed by atoms with Gasteiger partial charge in [-0.3, -0.25) is 4.79 Å². The second-order valence-corrected chi connectivity index (χ2v) is 4.79. The number of amides is 1. The van der Waals surface area contributed by atoms with Gasteiger partial charge >= 0.3 is 0 Å². The van der Waals surface area contributed by atoms with Crippen LogP contribution >= 0.6 is 12.4 Å². The number of carbonyl (C=O) groups is 1. The fraction of sp³-hybridized carbons (Fsp3) is 0.909. The van der Waals surface area contributed by atoms with E-state index < -0.39 is 0 Å². The van der Waals surface area contributed by atoms with Gasteiger partial charge in [0.25, 0.3) is 0 Å².